The average Bonchev–Trinajstić information content (AvgIpc) is 2.09. The third kappa shape index (κ3) is 1.85. The van der Waals surface area contributed by atoms with Crippen LogP contribution in [0.15, 0.2) is 30.9 Å². The van der Waals surface area contributed by atoms with Crippen molar-refractivity contribution in [1.29, 1.82) is 0 Å². The molecule has 0 fully saturated rings. The molecule has 62 valence electrons. The molecular weight excluding hydrogens is 144 g/mol. The van der Waals surface area contributed by atoms with Gasteiger partial charge in [0.25, 0.3) is 0 Å². The summed E-state index contributed by atoms with van der Waals surface area (Å²) < 4.78 is 0. The van der Waals surface area contributed by atoms with Gasteiger partial charge in [0, 0.05) is 0 Å². The van der Waals surface area contributed by atoms with Gasteiger partial charge in [0.1, 0.15) is 0 Å². The van der Waals surface area contributed by atoms with E-state index in [4.69, 9.17) is 0 Å². The zero-order valence-electron chi connectivity index (χ0n) is 7.67. The summed E-state index contributed by atoms with van der Waals surface area (Å²) >= 11 is 0. The van der Waals surface area contributed by atoms with Crippen LogP contribution in [0, 0.1) is 6.92 Å². The van der Waals surface area contributed by atoms with Gasteiger partial charge in [0.2, 0.25) is 0 Å². The molecule has 0 saturated heterocycles. The lowest BCUT2D eigenvalue weighted by Crippen LogP contribution is -1.81. The molecule has 0 N–H and O–H groups in total. The van der Waals surface area contributed by atoms with Gasteiger partial charge in [-0.25, -0.2) is 0 Å². The predicted molar refractivity (Wildman–Crippen MR) is 56.0 cm³/mol. The molecule has 1 rings (SSSR count). The molecule has 0 nitrogen and oxygen atoms in total. The van der Waals surface area contributed by atoms with Crippen LogP contribution in [0.2, 0.25) is 0 Å². The Kier molecular flexibility index (Phi) is 2.87. The number of rotatable bonds is 2. The summed E-state index contributed by atoms with van der Waals surface area (Å²) in [5, 5.41) is 0. The third-order valence-electron chi connectivity index (χ3n) is 1.89. The minimum absolute atomic E-state index is 1.17. The van der Waals surface area contributed by atoms with Gasteiger partial charge in [-0.2, -0.15) is 0 Å². The van der Waals surface area contributed by atoms with Gasteiger partial charge in [0.05, 0.1) is 0 Å². The first-order chi connectivity index (χ1) is 5.77. The van der Waals surface area contributed by atoms with Crippen LogP contribution >= 0.6 is 0 Å². The monoisotopic (exact) mass is 158 g/mol. The fourth-order valence-corrected chi connectivity index (χ4v) is 1.15. The van der Waals surface area contributed by atoms with E-state index in [-0.39, 0.29) is 0 Å². The minimum Gasteiger partial charge on any atom is -0.0985 e. The van der Waals surface area contributed by atoms with Gasteiger partial charge in [-0.3, -0.25) is 0 Å². The van der Waals surface area contributed by atoms with Gasteiger partial charge in [-0.15, -0.1) is 0 Å². The summed E-state index contributed by atoms with van der Waals surface area (Å²) in [4.78, 5) is 0. The lowest BCUT2D eigenvalue weighted by atomic mass is 10.0. The summed E-state index contributed by atoms with van der Waals surface area (Å²) in [7, 11) is 0. The maximum absolute atomic E-state index is 3.74. The van der Waals surface area contributed by atoms with Crippen LogP contribution in [0.25, 0.3) is 12.2 Å². The molecule has 0 bridgehead atoms. The van der Waals surface area contributed by atoms with Gasteiger partial charge in [-0.1, -0.05) is 36.9 Å². The quantitative estimate of drug-likeness (QED) is 0.616. The topological polar surface area (TPSA) is 0 Å². The lowest BCUT2D eigenvalue weighted by Gasteiger charge is -2.01. The number of aryl methyl sites for hydroxylation is 1. The van der Waals surface area contributed by atoms with Crippen LogP contribution in [-0.2, 0) is 0 Å². The van der Waals surface area contributed by atoms with Gasteiger partial charge in [0.15, 0.2) is 0 Å². The molecule has 0 aliphatic carbocycles. The van der Waals surface area contributed by atoms with E-state index in [9.17, 15) is 0 Å². The van der Waals surface area contributed by atoms with Crippen LogP contribution < -0.4 is 0 Å². The van der Waals surface area contributed by atoms with E-state index in [1.54, 1.807) is 0 Å². The van der Waals surface area contributed by atoms with Crippen LogP contribution in [0.5, 0.6) is 0 Å². The van der Waals surface area contributed by atoms with Gasteiger partial charge in [-0.05, 0) is 36.6 Å². The summed E-state index contributed by atoms with van der Waals surface area (Å²) in [6, 6.07) is 6.34. The second-order valence-corrected chi connectivity index (χ2v) is 2.82. The highest BCUT2D eigenvalue weighted by molar-refractivity contribution is 5.59. The molecule has 0 aliphatic heterocycles. The van der Waals surface area contributed by atoms with E-state index >= 15 is 0 Å². The average molecular weight is 158 g/mol. The normalized spacial score (nSPS) is 10.5. The molecule has 0 heteroatoms. The van der Waals surface area contributed by atoms with Crippen molar-refractivity contribution in [1.82, 2.24) is 0 Å². The highest BCUT2D eigenvalue weighted by Crippen LogP contribution is 2.13. The molecule has 1 aromatic rings. The van der Waals surface area contributed by atoms with Crippen molar-refractivity contribution in [2.75, 3.05) is 0 Å². The molecule has 0 saturated carbocycles. The SMILES string of the molecule is C=Cc1ccc(C)c(/C=C\C)c1. The smallest absolute Gasteiger partial charge is 0.0225 e. The molecule has 1 aromatic carbocycles. The first kappa shape index (κ1) is 8.79. The lowest BCUT2D eigenvalue weighted by molar-refractivity contribution is 1.43. The number of hydrogen-bond acceptors (Lipinski definition) is 0. The van der Waals surface area contributed by atoms with Crippen LogP contribution in [-0.4, -0.2) is 0 Å². The predicted octanol–water partition coefficient (Wildman–Crippen LogP) is 3.67. The zero-order chi connectivity index (χ0) is 8.97. The Bertz CT molecular complexity index is 306. The largest absolute Gasteiger partial charge is 0.0985 e. The van der Waals surface area contributed by atoms with Crippen molar-refractivity contribution in [3.05, 3.63) is 47.5 Å². The molecule has 12 heavy (non-hydrogen) atoms. The molecule has 0 spiro atoms. The van der Waals surface area contributed by atoms with Crippen molar-refractivity contribution in [2.45, 2.75) is 13.8 Å². The van der Waals surface area contributed by atoms with E-state index in [1.165, 1.54) is 16.7 Å². The Balaban J connectivity index is 3.16. The maximum atomic E-state index is 3.74. The molecule has 0 atom stereocenters. The first-order valence-corrected chi connectivity index (χ1v) is 4.13. The van der Waals surface area contributed by atoms with Crippen molar-refractivity contribution in [3.8, 4) is 0 Å². The van der Waals surface area contributed by atoms with Crippen LogP contribution in [0.1, 0.15) is 23.6 Å². The molecule has 0 unspecified atom stereocenters. The second-order valence-electron chi connectivity index (χ2n) is 2.82. The Hall–Kier alpha value is -1.30. The Labute approximate surface area is 74.2 Å². The Morgan fingerprint density at radius 1 is 1.33 bits per heavy atom. The molecule has 0 aromatic heterocycles. The summed E-state index contributed by atoms with van der Waals surface area (Å²) in [6.07, 6.45) is 6.03. The molecule has 0 aliphatic rings. The van der Waals surface area contributed by atoms with Crippen LogP contribution in [0.3, 0.4) is 0 Å². The Morgan fingerprint density at radius 3 is 2.67 bits per heavy atom. The Morgan fingerprint density at radius 2 is 2.08 bits per heavy atom. The van der Waals surface area contributed by atoms with Crippen molar-refractivity contribution < 1.29 is 0 Å². The molecule has 0 heterocycles. The summed E-state index contributed by atoms with van der Waals surface area (Å²) in [6.45, 7) is 7.88. The number of allylic oxidation sites excluding steroid dienone is 1. The maximum Gasteiger partial charge on any atom is -0.0225 e. The number of hydrogen-bond donors (Lipinski definition) is 0. The summed E-state index contributed by atoms with van der Waals surface area (Å²) in [5.74, 6) is 0. The van der Waals surface area contributed by atoms with E-state index in [2.05, 4.69) is 43.9 Å². The fraction of sp³-hybridized carbons (Fsp3) is 0.167. The van der Waals surface area contributed by atoms with Crippen molar-refractivity contribution in [2.24, 2.45) is 0 Å². The minimum atomic E-state index is 1.17. The van der Waals surface area contributed by atoms with Crippen LogP contribution in [0.4, 0.5) is 0 Å². The third-order valence-corrected chi connectivity index (χ3v) is 1.89. The molecular formula is C12H14. The van der Waals surface area contributed by atoms with Crippen molar-refractivity contribution in [3.63, 3.8) is 0 Å². The van der Waals surface area contributed by atoms with Crippen molar-refractivity contribution >= 4 is 12.2 Å². The van der Waals surface area contributed by atoms with E-state index in [1.807, 2.05) is 13.0 Å². The van der Waals surface area contributed by atoms with E-state index < -0.39 is 0 Å². The van der Waals surface area contributed by atoms with Gasteiger partial charge < -0.3 is 0 Å². The standard InChI is InChI=1S/C12H14/c1-4-6-12-9-11(5-2)8-7-10(12)3/h4-9H,2H2,1,3H3/b6-4-. The highest BCUT2D eigenvalue weighted by Gasteiger charge is 1.93. The molecule has 0 radical (unpaired) electrons. The number of benzene rings is 1. The highest BCUT2D eigenvalue weighted by atomic mass is 14.0. The fourth-order valence-electron chi connectivity index (χ4n) is 1.15. The summed E-state index contributed by atoms with van der Waals surface area (Å²) in [5.41, 5.74) is 3.75. The van der Waals surface area contributed by atoms with E-state index in [0.29, 0.717) is 0 Å². The zero-order valence-corrected chi connectivity index (χ0v) is 7.67. The molecule has 0 amide bonds. The van der Waals surface area contributed by atoms with E-state index in [0.717, 1.165) is 0 Å². The second kappa shape index (κ2) is 3.91. The van der Waals surface area contributed by atoms with Gasteiger partial charge >= 0.3 is 0 Å². The first-order valence-electron chi connectivity index (χ1n) is 4.13.